The van der Waals surface area contributed by atoms with E-state index < -0.39 is 0 Å². The fraction of sp³-hybridized carbons (Fsp3) is 0.833. The summed E-state index contributed by atoms with van der Waals surface area (Å²) in [6, 6.07) is 2.54. The Balaban J connectivity index is 2.31. The fourth-order valence-corrected chi connectivity index (χ4v) is 2.25. The van der Waals surface area contributed by atoms with Crippen molar-refractivity contribution in [3.63, 3.8) is 0 Å². The standard InChI is InChI=1S/C12H21N3O/c1-3-14-9(2)7-12(16)15-11-6-4-5-10(11)8-13/h9-11,14H,3-7H2,1-2H3,(H,15,16). The third-order valence-corrected chi connectivity index (χ3v) is 3.07. The molecule has 1 rings (SSSR count). The van der Waals surface area contributed by atoms with Crippen LogP contribution < -0.4 is 10.6 Å². The molecule has 0 radical (unpaired) electrons. The molecule has 0 saturated heterocycles. The van der Waals surface area contributed by atoms with Crippen LogP contribution in [0.2, 0.25) is 0 Å². The number of hydrogen-bond donors (Lipinski definition) is 2. The number of nitriles is 1. The number of nitrogens with zero attached hydrogens (tertiary/aromatic N) is 1. The van der Waals surface area contributed by atoms with Crippen molar-refractivity contribution >= 4 is 5.91 Å². The van der Waals surface area contributed by atoms with Crippen LogP contribution in [0.1, 0.15) is 39.5 Å². The monoisotopic (exact) mass is 223 g/mol. The van der Waals surface area contributed by atoms with E-state index in [-0.39, 0.29) is 23.9 Å². The van der Waals surface area contributed by atoms with Gasteiger partial charge in [0.15, 0.2) is 0 Å². The first-order chi connectivity index (χ1) is 7.67. The quantitative estimate of drug-likeness (QED) is 0.735. The lowest BCUT2D eigenvalue weighted by Crippen LogP contribution is -2.40. The van der Waals surface area contributed by atoms with Crippen LogP contribution in [0, 0.1) is 17.2 Å². The first kappa shape index (κ1) is 13.0. The molecule has 1 aliphatic carbocycles. The van der Waals surface area contributed by atoms with Gasteiger partial charge in [0.05, 0.1) is 12.0 Å². The topological polar surface area (TPSA) is 64.9 Å². The highest BCUT2D eigenvalue weighted by molar-refractivity contribution is 5.77. The lowest BCUT2D eigenvalue weighted by molar-refractivity contribution is -0.122. The Labute approximate surface area is 97.4 Å². The van der Waals surface area contributed by atoms with E-state index in [0.29, 0.717) is 6.42 Å². The molecule has 16 heavy (non-hydrogen) atoms. The van der Waals surface area contributed by atoms with Crippen LogP contribution in [0.3, 0.4) is 0 Å². The van der Waals surface area contributed by atoms with Crippen LogP contribution in [0.5, 0.6) is 0 Å². The van der Waals surface area contributed by atoms with Crippen molar-refractivity contribution in [1.82, 2.24) is 10.6 Å². The summed E-state index contributed by atoms with van der Waals surface area (Å²) >= 11 is 0. The summed E-state index contributed by atoms with van der Waals surface area (Å²) in [5, 5.41) is 15.1. The Hall–Kier alpha value is -1.08. The van der Waals surface area contributed by atoms with E-state index in [2.05, 4.69) is 16.7 Å². The molecule has 0 bridgehead atoms. The second-order valence-corrected chi connectivity index (χ2v) is 4.50. The van der Waals surface area contributed by atoms with Gasteiger partial charge in [0, 0.05) is 18.5 Å². The number of rotatable bonds is 5. The summed E-state index contributed by atoms with van der Waals surface area (Å²) in [5.74, 6) is 0.0685. The van der Waals surface area contributed by atoms with Gasteiger partial charge in [-0.3, -0.25) is 4.79 Å². The zero-order chi connectivity index (χ0) is 12.0. The minimum Gasteiger partial charge on any atom is -0.352 e. The van der Waals surface area contributed by atoms with Crippen molar-refractivity contribution < 1.29 is 4.79 Å². The summed E-state index contributed by atoms with van der Waals surface area (Å²) in [6.07, 6.45) is 3.40. The molecule has 0 aromatic carbocycles. The predicted octanol–water partition coefficient (Wildman–Crippen LogP) is 1.18. The van der Waals surface area contributed by atoms with Crippen molar-refractivity contribution in [2.75, 3.05) is 6.54 Å². The molecule has 1 amide bonds. The van der Waals surface area contributed by atoms with E-state index in [4.69, 9.17) is 5.26 Å². The number of carbonyl (C=O) groups is 1. The van der Waals surface area contributed by atoms with Crippen molar-refractivity contribution in [2.24, 2.45) is 5.92 Å². The average molecular weight is 223 g/mol. The van der Waals surface area contributed by atoms with Gasteiger partial charge >= 0.3 is 0 Å². The average Bonchev–Trinajstić information content (AvgIpc) is 2.65. The normalized spacial score (nSPS) is 26.1. The third kappa shape index (κ3) is 3.82. The van der Waals surface area contributed by atoms with Gasteiger partial charge in [-0.25, -0.2) is 0 Å². The first-order valence-corrected chi connectivity index (χ1v) is 6.09. The molecule has 0 heterocycles. The summed E-state index contributed by atoms with van der Waals surface area (Å²) in [6.45, 7) is 4.90. The number of hydrogen-bond acceptors (Lipinski definition) is 3. The van der Waals surface area contributed by atoms with Gasteiger partial charge < -0.3 is 10.6 Å². The van der Waals surface area contributed by atoms with Gasteiger partial charge in [0.1, 0.15) is 0 Å². The molecule has 90 valence electrons. The molecular weight excluding hydrogens is 202 g/mol. The third-order valence-electron chi connectivity index (χ3n) is 3.07. The van der Waals surface area contributed by atoms with Crippen molar-refractivity contribution in [3.8, 4) is 6.07 Å². The van der Waals surface area contributed by atoms with Gasteiger partial charge in [-0.05, 0) is 32.7 Å². The van der Waals surface area contributed by atoms with Crippen LogP contribution in [-0.4, -0.2) is 24.5 Å². The molecule has 3 atom stereocenters. The Morgan fingerprint density at radius 2 is 2.31 bits per heavy atom. The second kappa shape index (κ2) is 6.49. The molecule has 1 saturated carbocycles. The summed E-state index contributed by atoms with van der Waals surface area (Å²) in [5.41, 5.74) is 0. The molecule has 0 aromatic heterocycles. The maximum atomic E-state index is 11.7. The van der Waals surface area contributed by atoms with Crippen LogP contribution >= 0.6 is 0 Å². The van der Waals surface area contributed by atoms with Crippen molar-refractivity contribution in [2.45, 2.75) is 51.6 Å². The molecule has 1 aliphatic rings. The minimum absolute atomic E-state index is 0.0124. The maximum Gasteiger partial charge on any atom is 0.221 e. The van der Waals surface area contributed by atoms with E-state index in [1.807, 2.05) is 13.8 Å². The molecule has 2 N–H and O–H groups in total. The molecule has 3 unspecified atom stereocenters. The molecule has 4 heteroatoms. The Kier molecular flexibility index (Phi) is 5.27. The number of carbonyl (C=O) groups excluding carboxylic acids is 1. The zero-order valence-corrected chi connectivity index (χ0v) is 10.1. The Morgan fingerprint density at radius 3 is 2.94 bits per heavy atom. The largest absolute Gasteiger partial charge is 0.352 e. The Morgan fingerprint density at radius 1 is 1.56 bits per heavy atom. The van der Waals surface area contributed by atoms with Gasteiger partial charge in [-0.15, -0.1) is 0 Å². The maximum absolute atomic E-state index is 11.7. The summed E-state index contributed by atoms with van der Waals surface area (Å²) in [7, 11) is 0. The van der Waals surface area contributed by atoms with E-state index >= 15 is 0 Å². The summed E-state index contributed by atoms with van der Waals surface area (Å²) in [4.78, 5) is 11.7. The van der Waals surface area contributed by atoms with Gasteiger partial charge in [-0.1, -0.05) is 6.92 Å². The van der Waals surface area contributed by atoms with Gasteiger partial charge in [0.2, 0.25) is 5.91 Å². The molecule has 1 fully saturated rings. The highest BCUT2D eigenvalue weighted by Gasteiger charge is 2.28. The van der Waals surface area contributed by atoms with Crippen LogP contribution in [0.4, 0.5) is 0 Å². The second-order valence-electron chi connectivity index (χ2n) is 4.50. The van der Waals surface area contributed by atoms with E-state index in [1.54, 1.807) is 0 Å². The Bertz CT molecular complexity index is 272. The molecule has 4 nitrogen and oxygen atoms in total. The van der Waals surface area contributed by atoms with Crippen LogP contribution in [-0.2, 0) is 4.79 Å². The molecular formula is C12H21N3O. The smallest absolute Gasteiger partial charge is 0.221 e. The zero-order valence-electron chi connectivity index (χ0n) is 10.1. The van der Waals surface area contributed by atoms with E-state index in [1.165, 1.54) is 0 Å². The van der Waals surface area contributed by atoms with Gasteiger partial charge in [0.25, 0.3) is 0 Å². The van der Waals surface area contributed by atoms with Crippen molar-refractivity contribution in [1.29, 1.82) is 5.26 Å². The number of amides is 1. The molecule has 0 aromatic rings. The first-order valence-electron chi connectivity index (χ1n) is 6.09. The van der Waals surface area contributed by atoms with Crippen molar-refractivity contribution in [3.05, 3.63) is 0 Å². The highest BCUT2D eigenvalue weighted by Crippen LogP contribution is 2.24. The number of nitrogens with one attached hydrogen (secondary N) is 2. The van der Waals surface area contributed by atoms with Gasteiger partial charge in [-0.2, -0.15) is 5.26 Å². The lowest BCUT2D eigenvalue weighted by Gasteiger charge is -2.17. The van der Waals surface area contributed by atoms with E-state index in [9.17, 15) is 4.79 Å². The predicted molar refractivity (Wildman–Crippen MR) is 62.6 cm³/mol. The van der Waals surface area contributed by atoms with Crippen LogP contribution in [0.25, 0.3) is 0 Å². The molecule has 0 spiro atoms. The summed E-state index contributed by atoms with van der Waals surface area (Å²) < 4.78 is 0. The molecule has 0 aliphatic heterocycles. The van der Waals surface area contributed by atoms with Crippen LogP contribution in [0.15, 0.2) is 0 Å². The highest BCUT2D eigenvalue weighted by atomic mass is 16.1. The fourth-order valence-electron chi connectivity index (χ4n) is 2.25. The SMILES string of the molecule is CCNC(C)CC(=O)NC1CCCC1C#N. The lowest BCUT2D eigenvalue weighted by atomic mass is 10.1. The van der Waals surface area contributed by atoms with E-state index in [0.717, 1.165) is 25.8 Å². The minimum atomic E-state index is 0.0124.